The molecule has 0 saturated carbocycles. The zero-order chi connectivity index (χ0) is 11.0. The van der Waals surface area contributed by atoms with Crippen molar-refractivity contribution >= 4 is 55.1 Å². The van der Waals surface area contributed by atoms with Gasteiger partial charge in [-0.1, -0.05) is 27.5 Å². The first-order valence-corrected chi connectivity index (χ1v) is 6.42. The standard InChI is InChI=1S/C9H7Br2ClN2O/c10-5-1-8(15)14(4-5)6-2-7(11)9(12)13-3-6/h2-3,5H,1,4H2. The smallest absolute Gasteiger partial charge is 0.228 e. The minimum atomic E-state index is 0.105. The molecule has 15 heavy (non-hydrogen) atoms. The number of carbonyl (C=O) groups excluding carboxylic acids is 1. The molecule has 1 saturated heterocycles. The lowest BCUT2D eigenvalue weighted by atomic mass is 10.4. The number of anilines is 1. The van der Waals surface area contributed by atoms with Crippen LogP contribution in [0.25, 0.3) is 0 Å². The van der Waals surface area contributed by atoms with Gasteiger partial charge in [-0.2, -0.15) is 0 Å². The summed E-state index contributed by atoms with van der Waals surface area (Å²) in [7, 11) is 0. The molecule has 1 aromatic heterocycles. The monoisotopic (exact) mass is 352 g/mol. The summed E-state index contributed by atoms with van der Waals surface area (Å²) in [6.07, 6.45) is 2.14. The van der Waals surface area contributed by atoms with Gasteiger partial charge in [0.15, 0.2) is 0 Å². The molecule has 1 amide bonds. The number of pyridine rings is 1. The second kappa shape index (κ2) is 4.39. The van der Waals surface area contributed by atoms with Crippen molar-refractivity contribution in [2.75, 3.05) is 11.4 Å². The Labute approximate surface area is 109 Å². The highest BCUT2D eigenvalue weighted by molar-refractivity contribution is 9.10. The molecule has 1 unspecified atom stereocenters. The largest absolute Gasteiger partial charge is 0.310 e. The Morgan fingerprint density at radius 3 is 2.87 bits per heavy atom. The highest BCUT2D eigenvalue weighted by Crippen LogP contribution is 2.29. The minimum Gasteiger partial charge on any atom is -0.310 e. The van der Waals surface area contributed by atoms with Crippen LogP contribution in [-0.4, -0.2) is 22.3 Å². The third-order valence-electron chi connectivity index (χ3n) is 2.17. The van der Waals surface area contributed by atoms with Gasteiger partial charge in [0.05, 0.1) is 16.4 Å². The van der Waals surface area contributed by atoms with E-state index in [1.807, 2.05) is 0 Å². The van der Waals surface area contributed by atoms with Gasteiger partial charge in [0.25, 0.3) is 0 Å². The molecule has 0 bridgehead atoms. The third kappa shape index (κ3) is 2.34. The van der Waals surface area contributed by atoms with Gasteiger partial charge >= 0.3 is 0 Å². The Bertz CT molecular complexity index is 413. The van der Waals surface area contributed by atoms with E-state index in [0.29, 0.717) is 22.6 Å². The normalized spacial score (nSPS) is 21.1. The number of hydrogen-bond donors (Lipinski definition) is 0. The molecule has 6 heteroatoms. The van der Waals surface area contributed by atoms with E-state index in [4.69, 9.17) is 11.6 Å². The van der Waals surface area contributed by atoms with Gasteiger partial charge in [0.2, 0.25) is 5.91 Å². The number of amides is 1. The van der Waals surface area contributed by atoms with Crippen LogP contribution in [0.15, 0.2) is 16.7 Å². The molecular weight excluding hydrogens is 347 g/mol. The average molecular weight is 354 g/mol. The second-order valence-electron chi connectivity index (χ2n) is 3.27. The molecule has 0 spiro atoms. The van der Waals surface area contributed by atoms with Crippen molar-refractivity contribution in [2.45, 2.75) is 11.2 Å². The fraction of sp³-hybridized carbons (Fsp3) is 0.333. The van der Waals surface area contributed by atoms with Crippen molar-refractivity contribution < 1.29 is 4.79 Å². The van der Waals surface area contributed by atoms with Crippen LogP contribution in [0.5, 0.6) is 0 Å². The summed E-state index contributed by atoms with van der Waals surface area (Å²) in [5.74, 6) is 0.105. The maximum absolute atomic E-state index is 11.6. The highest BCUT2D eigenvalue weighted by atomic mass is 79.9. The zero-order valence-corrected chi connectivity index (χ0v) is 11.5. The number of rotatable bonds is 1. The van der Waals surface area contributed by atoms with Crippen LogP contribution in [-0.2, 0) is 4.79 Å². The van der Waals surface area contributed by atoms with E-state index >= 15 is 0 Å². The molecule has 1 fully saturated rings. The molecule has 0 N–H and O–H groups in total. The average Bonchev–Trinajstić information content (AvgIpc) is 2.50. The van der Waals surface area contributed by atoms with Gasteiger partial charge in [0.1, 0.15) is 5.15 Å². The Kier molecular flexibility index (Phi) is 3.33. The Balaban J connectivity index is 2.30. The van der Waals surface area contributed by atoms with Gasteiger partial charge in [-0.15, -0.1) is 0 Å². The van der Waals surface area contributed by atoms with Crippen LogP contribution in [0, 0.1) is 0 Å². The molecule has 1 atom stereocenters. The maximum atomic E-state index is 11.6. The van der Waals surface area contributed by atoms with Gasteiger partial charge in [-0.25, -0.2) is 4.98 Å². The Hall–Kier alpha value is -0.130. The van der Waals surface area contributed by atoms with Crippen molar-refractivity contribution in [3.63, 3.8) is 0 Å². The zero-order valence-electron chi connectivity index (χ0n) is 7.58. The number of nitrogens with zero attached hydrogens (tertiary/aromatic N) is 2. The predicted octanol–water partition coefficient (Wildman–Crippen LogP) is 3.00. The molecule has 3 nitrogen and oxygen atoms in total. The summed E-state index contributed by atoms with van der Waals surface area (Å²) < 4.78 is 0.701. The van der Waals surface area contributed by atoms with E-state index < -0.39 is 0 Å². The number of halogens is 3. The van der Waals surface area contributed by atoms with Crippen LogP contribution in [0.3, 0.4) is 0 Å². The predicted molar refractivity (Wildman–Crippen MR) is 66.6 cm³/mol. The molecule has 1 aliphatic heterocycles. The molecule has 1 aliphatic rings. The summed E-state index contributed by atoms with van der Waals surface area (Å²) in [6, 6.07) is 1.80. The molecule has 80 valence electrons. The first-order valence-electron chi connectivity index (χ1n) is 4.33. The van der Waals surface area contributed by atoms with Gasteiger partial charge < -0.3 is 4.90 Å². The fourth-order valence-corrected chi connectivity index (χ4v) is 2.48. The first kappa shape index (κ1) is 11.4. The number of aromatic nitrogens is 1. The fourth-order valence-electron chi connectivity index (χ4n) is 1.47. The third-order valence-corrected chi connectivity index (χ3v) is 3.92. The highest BCUT2D eigenvalue weighted by Gasteiger charge is 2.29. The minimum absolute atomic E-state index is 0.105. The van der Waals surface area contributed by atoms with Crippen molar-refractivity contribution in [3.05, 3.63) is 21.9 Å². The lowest BCUT2D eigenvalue weighted by Crippen LogP contribution is -2.24. The van der Waals surface area contributed by atoms with Gasteiger partial charge in [-0.05, 0) is 22.0 Å². The molecule has 0 aliphatic carbocycles. The van der Waals surface area contributed by atoms with Crippen LogP contribution >= 0.6 is 43.5 Å². The van der Waals surface area contributed by atoms with Crippen LogP contribution in [0.4, 0.5) is 5.69 Å². The summed E-state index contributed by atoms with van der Waals surface area (Å²) in [4.78, 5) is 17.5. The lowest BCUT2D eigenvalue weighted by Gasteiger charge is -2.15. The summed E-state index contributed by atoms with van der Waals surface area (Å²) in [6.45, 7) is 0.675. The van der Waals surface area contributed by atoms with E-state index in [0.717, 1.165) is 5.69 Å². The second-order valence-corrected chi connectivity index (χ2v) is 5.78. The van der Waals surface area contributed by atoms with E-state index in [1.54, 1.807) is 17.2 Å². The van der Waals surface area contributed by atoms with Crippen molar-refractivity contribution in [3.8, 4) is 0 Å². The topological polar surface area (TPSA) is 33.2 Å². The molecule has 1 aromatic rings. The maximum Gasteiger partial charge on any atom is 0.228 e. The summed E-state index contributed by atoms with van der Waals surface area (Å²) in [5.41, 5.74) is 0.776. The number of alkyl halides is 1. The quantitative estimate of drug-likeness (QED) is 0.574. The summed E-state index contributed by atoms with van der Waals surface area (Å²) in [5, 5.41) is 0.404. The van der Waals surface area contributed by atoms with Crippen LogP contribution < -0.4 is 4.90 Å². The first-order chi connectivity index (χ1) is 7.08. The van der Waals surface area contributed by atoms with E-state index in [1.165, 1.54) is 0 Å². The van der Waals surface area contributed by atoms with E-state index in [2.05, 4.69) is 36.8 Å². The lowest BCUT2D eigenvalue weighted by molar-refractivity contribution is -0.117. The molecule has 0 aromatic carbocycles. The molecule has 2 rings (SSSR count). The van der Waals surface area contributed by atoms with E-state index in [-0.39, 0.29) is 10.7 Å². The number of carbonyl (C=O) groups is 1. The molecule has 2 heterocycles. The van der Waals surface area contributed by atoms with Crippen LogP contribution in [0.2, 0.25) is 5.15 Å². The number of hydrogen-bond acceptors (Lipinski definition) is 2. The van der Waals surface area contributed by atoms with Crippen molar-refractivity contribution in [1.82, 2.24) is 4.98 Å². The van der Waals surface area contributed by atoms with Gasteiger partial charge in [0, 0.05) is 17.8 Å². The van der Waals surface area contributed by atoms with Gasteiger partial charge in [-0.3, -0.25) is 4.79 Å². The van der Waals surface area contributed by atoms with E-state index in [9.17, 15) is 4.79 Å². The SMILES string of the molecule is O=C1CC(Br)CN1c1cnc(Cl)c(Br)c1. The van der Waals surface area contributed by atoms with Crippen LogP contribution in [0.1, 0.15) is 6.42 Å². The Morgan fingerprint density at radius 2 is 2.33 bits per heavy atom. The van der Waals surface area contributed by atoms with Crippen molar-refractivity contribution in [1.29, 1.82) is 0 Å². The summed E-state index contributed by atoms with van der Waals surface area (Å²) >= 11 is 12.5. The molecular formula is C9H7Br2ClN2O. The molecule has 0 radical (unpaired) electrons. The van der Waals surface area contributed by atoms with Crippen molar-refractivity contribution in [2.24, 2.45) is 0 Å². The Morgan fingerprint density at radius 1 is 1.60 bits per heavy atom.